The van der Waals surface area contributed by atoms with Crippen molar-refractivity contribution < 1.29 is 4.79 Å². The highest BCUT2D eigenvalue weighted by Gasteiger charge is 2.19. The Labute approximate surface area is 161 Å². The Balaban J connectivity index is 1.73. The van der Waals surface area contributed by atoms with Gasteiger partial charge in [-0.2, -0.15) is 9.94 Å². The van der Waals surface area contributed by atoms with Gasteiger partial charge in [-0.3, -0.25) is 4.79 Å². The second-order valence-corrected chi connectivity index (χ2v) is 7.39. The molecule has 7 nitrogen and oxygen atoms in total. The summed E-state index contributed by atoms with van der Waals surface area (Å²) in [7, 11) is 0. The molecule has 1 aromatic heterocycles. The van der Waals surface area contributed by atoms with Crippen LogP contribution in [0.1, 0.15) is 23.6 Å². The average molecular weight is 378 g/mol. The number of aromatic nitrogens is 4. The minimum absolute atomic E-state index is 0.190. The molecule has 0 aliphatic rings. The first kappa shape index (κ1) is 18.6. The molecule has 136 valence electrons. The SMILES string of the molecule is Cc1ccc(-n2nnnc2S[C@H](C)C(=O)Nc2cccc(C#N)c2)cc1C. The van der Waals surface area contributed by atoms with Crippen molar-refractivity contribution in [3.63, 3.8) is 0 Å². The van der Waals surface area contributed by atoms with E-state index in [0.717, 1.165) is 11.3 Å². The average Bonchev–Trinajstić information content (AvgIpc) is 3.12. The highest BCUT2D eigenvalue weighted by atomic mass is 32.2. The molecular formula is C19H18N6OS. The third-order valence-electron chi connectivity index (χ3n) is 4.09. The van der Waals surface area contributed by atoms with Crippen LogP contribution in [-0.2, 0) is 4.79 Å². The minimum Gasteiger partial charge on any atom is -0.325 e. The van der Waals surface area contributed by atoms with Gasteiger partial charge in [-0.15, -0.1) is 5.10 Å². The van der Waals surface area contributed by atoms with Gasteiger partial charge in [0.2, 0.25) is 11.1 Å². The second kappa shape index (κ2) is 8.01. The number of carbonyl (C=O) groups excluding carboxylic acids is 1. The van der Waals surface area contributed by atoms with Gasteiger partial charge in [0.05, 0.1) is 22.6 Å². The smallest absolute Gasteiger partial charge is 0.237 e. The number of amides is 1. The summed E-state index contributed by atoms with van der Waals surface area (Å²) in [6.07, 6.45) is 0. The maximum absolute atomic E-state index is 12.5. The van der Waals surface area contributed by atoms with Gasteiger partial charge >= 0.3 is 0 Å². The molecule has 27 heavy (non-hydrogen) atoms. The van der Waals surface area contributed by atoms with Crippen LogP contribution in [0.4, 0.5) is 5.69 Å². The van der Waals surface area contributed by atoms with Crippen LogP contribution >= 0.6 is 11.8 Å². The molecule has 1 atom stereocenters. The number of aryl methyl sites for hydroxylation is 2. The van der Waals surface area contributed by atoms with Gasteiger partial charge in [-0.1, -0.05) is 23.9 Å². The number of hydrogen-bond acceptors (Lipinski definition) is 6. The highest BCUT2D eigenvalue weighted by Crippen LogP contribution is 2.25. The summed E-state index contributed by atoms with van der Waals surface area (Å²) in [6, 6.07) is 14.8. The van der Waals surface area contributed by atoms with Gasteiger partial charge in [-0.25, -0.2) is 0 Å². The molecular weight excluding hydrogens is 360 g/mol. The zero-order chi connectivity index (χ0) is 19.4. The van der Waals surface area contributed by atoms with E-state index in [9.17, 15) is 4.79 Å². The molecule has 0 saturated heterocycles. The number of nitriles is 1. The van der Waals surface area contributed by atoms with E-state index in [2.05, 4.69) is 26.9 Å². The van der Waals surface area contributed by atoms with E-state index in [4.69, 9.17) is 5.26 Å². The van der Waals surface area contributed by atoms with Crippen LogP contribution < -0.4 is 5.32 Å². The molecule has 0 spiro atoms. The molecule has 1 amide bonds. The van der Waals surface area contributed by atoms with E-state index in [1.54, 1.807) is 35.9 Å². The number of hydrogen-bond donors (Lipinski definition) is 1. The third kappa shape index (κ3) is 4.33. The fraction of sp³-hybridized carbons (Fsp3) is 0.211. The fourth-order valence-corrected chi connectivity index (χ4v) is 3.20. The van der Waals surface area contributed by atoms with Gasteiger partial charge in [0, 0.05) is 5.69 Å². The van der Waals surface area contributed by atoms with Crippen molar-refractivity contribution in [1.82, 2.24) is 20.2 Å². The Hall–Kier alpha value is -3.18. The number of benzene rings is 2. The number of tetrazole rings is 1. The lowest BCUT2D eigenvalue weighted by atomic mass is 10.1. The molecule has 3 rings (SSSR count). The van der Waals surface area contributed by atoms with Gasteiger partial charge in [0.25, 0.3) is 0 Å². The monoisotopic (exact) mass is 378 g/mol. The third-order valence-corrected chi connectivity index (χ3v) is 5.12. The first-order valence-corrected chi connectivity index (χ1v) is 9.19. The van der Waals surface area contributed by atoms with Crippen LogP contribution in [0.25, 0.3) is 5.69 Å². The normalized spacial score (nSPS) is 11.6. The fourth-order valence-electron chi connectivity index (χ4n) is 2.39. The largest absolute Gasteiger partial charge is 0.325 e. The minimum atomic E-state index is -0.424. The van der Waals surface area contributed by atoms with Crippen molar-refractivity contribution in [3.05, 3.63) is 59.2 Å². The highest BCUT2D eigenvalue weighted by molar-refractivity contribution is 8.00. The van der Waals surface area contributed by atoms with E-state index in [1.807, 2.05) is 32.0 Å². The van der Waals surface area contributed by atoms with E-state index < -0.39 is 5.25 Å². The molecule has 0 aliphatic carbocycles. The van der Waals surface area contributed by atoms with Gasteiger partial charge in [0.15, 0.2) is 0 Å². The number of nitrogens with one attached hydrogen (secondary N) is 1. The van der Waals surface area contributed by atoms with Crippen molar-refractivity contribution >= 4 is 23.4 Å². The molecule has 0 radical (unpaired) electrons. The topological polar surface area (TPSA) is 96.5 Å². The van der Waals surface area contributed by atoms with Crippen molar-refractivity contribution in [2.75, 3.05) is 5.32 Å². The number of nitrogens with zero attached hydrogens (tertiary/aromatic N) is 5. The van der Waals surface area contributed by atoms with Crippen molar-refractivity contribution in [2.45, 2.75) is 31.2 Å². The van der Waals surface area contributed by atoms with Crippen molar-refractivity contribution in [3.8, 4) is 11.8 Å². The van der Waals surface area contributed by atoms with Gasteiger partial charge < -0.3 is 5.32 Å². The van der Waals surface area contributed by atoms with Crippen molar-refractivity contribution in [1.29, 1.82) is 5.26 Å². The van der Waals surface area contributed by atoms with Crippen LogP contribution in [0.15, 0.2) is 47.6 Å². The Morgan fingerprint density at radius 1 is 1.22 bits per heavy atom. The van der Waals surface area contributed by atoms with Gasteiger partial charge in [-0.05, 0) is 72.7 Å². The molecule has 8 heteroatoms. The quantitative estimate of drug-likeness (QED) is 0.685. The lowest BCUT2D eigenvalue weighted by Crippen LogP contribution is -2.23. The Kier molecular flexibility index (Phi) is 5.52. The van der Waals surface area contributed by atoms with Crippen LogP contribution in [0.5, 0.6) is 0 Å². The van der Waals surface area contributed by atoms with Gasteiger partial charge in [0.1, 0.15) is 0 Å². The molecule has 0 bridgehead atoms. The Morgan fingerprint density at radius 2 is 2.04 bits per heavy atom. The molecule has 3 aromatic rings. The Bertz CT molecular complexity index is 1020. The first-order chi connectivity index (χ1) is 13.0. The van der Waals surface area contributed by atoms with E-state index in [-0.39, 0.29) is 5.91 Å². The summed E-state index contributed by atoms with van der Waals surface area (Å²) < 4.78 is 1.62. The lowest BCUT2D eigenvalue weighted by molar-refractivity contribution is -0.115. The molecule has 1 N–H and O–H groups in total. The van der Waals surface area contributed by atoms with Crippen LogP contribution in [0.2, 0.25) is 0 Å². The zero-order valence-corrected chi connectivity index (χ0v) is 16.0. The summed E-state index contributed by atoms with van der Waals surface area (Å²) in [5, 5.41) is 23.7. The van der Waals surface area contributed by atoms with E-state index >= 15 is 0 Å². The number of anilines is 1. The van der Waals surface area contributed by atoms with E-state index in [0.29, 0.717) is 16.4 Å². The summed E-state index contributed by atoms with van der Waals surface area (Å²) in [4.78, 5) is 12.5. The molecule has 1 heterocycles. The predicted octanol–water partition coefficient (Wildman–Crippen LogP) is 3.27. The summed E-state index contributed by atoms with van der Waals surface area (Å²) in [5.74, 6) is -0.190. The predicted molar refractivity (Wildman–Crippen MR) is 104 cm³/mol. The first-order valence-electron chi connectivity index (χ1n) is 8.31. The Morgan fingerprint density at radius 3 is 2.78 bits per heavy atom. The molecule has 0 saturated carbocycles. The van der Waals surface area contributed by atoms with Crippen LogP contribution in [0.3, 0.4) is 0 Å². The molecule has 2 aromatic carbocycles. The second-order valence-electron chi connectivity index (χ2n) is 6.08. The summed E-state index contributed by atoms with van der Waals surface area (Å²) >= 11 is 1.27. The van der Waals surface area contributed by atoms with Crippen LogP contribution in [-0.4, -0.2) is 31.4 Å². The van der Waals surface area contributed by atoms with E-state index in [1.165, 1.54) is 17.3 Å². The van der Waals surface area contributed by atoms with Crippen molar-refractivity contribution in [2.24, 2.45) is 0 Å². The lowest BCUT2D eigenvalue weighted by Gasteiger charge is -2.12. The summed E-state index contributed by atoms with van der Waals surface area (Å²) in [6.45, 7) is 5.86. The number of carbonyl (C=O) groups is 1. The molecule has 0 aliphatic heterocycles. The molecule has 0 unspecified atom stereocenters. The maximum atomic E-state index is 12.5. The maximum Gasteiger partial charge on any atom is 0.237 e. The number of thioether (sulfide) groups is 1. The van der Waals surface area contributed by atoms with Crippen LogP contribution in [0, 0.1) is 25.2 Å². The zero-order valence-electron chi connectivity index (χ0n) is 15.2. The molecule has 0 fully saturated rings. The summed E-state index contributed by atoms with van der Waals surface area (Å²) in [5.41, 5.74) is 4.25. The number of rotatable bonds is 5. The standard InChI is InChI=1S/C19H18N6OS/c1-12-7-8-17(9-13(12)2)25-19(22-23-24-25)27-14(3)18(26)21-16-6-4-5-15(10-16)11-20/h4-10,14H,1-3H3,(H,21,26)/t14-/m1/s1.